The number of likely N-dealkylation sites (tertiary alicyclic amines) is 1. The molecule has 0 bridgehead atoms. The second kappa shape index (κ2) is 9.79. The molecule has 2 aliphatic rings. The summed E-state index contributed by atoms with van der Waals surface area (Å²) in [6, 6.07) is 0.541. The maximum Gasteiger partial charge on any atom is 0.265 e. The number of halogens is 2. The molecule has 5 nitrogen and oxygen atoms in total. The van der Waals surface area contributed by atoms with Crippen molar-refractivity contribution in [2.24, 2.45) is 0 Å². The molecule has 1 N–H and O–H groups in total. The Hall–Kier alpha value is -0.400. The van der Waals surface area contributed by atoms with E-state index in [1.54, 1.807) is 17.5 Å². The highest BCUT2D eigenvalue weighted by molar-refractivity contribution is 7.13. The zero-order chi connectivity index (χ0) is 14.7. The van der Waals surface area contributed by atoms with Crippen LogP contribution in [-0.4, -0.2) is 66.0 Å². The van der Waals surface area contributed by atoms with Crippen LogP contribution in [0.1, 0.15) is 34.4 Å². The lowest BCUT2D eigenvalue weighted by atomic mass is 10.2. The van der Waals surface area contributed by atoms with E-state index in [4.69, 9.17) is 0 Å². The molecule has 0 radical (unpaired) electrons. The van der Waals surface area contributed by atoms with Crippen LogP contribution in [0.4, 0.5) is 0 Å². The van der Waals surface area contributed by atoms with E-state index in [-0.39, 0.29) is 30.7 Å². The van der Waals surface area contributed by atoms with Gasteiger partial charge in [0.25, 0.3) is 5.91 Å². The fourth-order valence-corrected chi connectivity index (χ4v) is 4.15. The van der Waals surface area contributed by atoms with Gasteiger partial charge in [0.2, 0.25) is 0 Å². The minimum Gasteiger partial charge on any atom is -0.336 e. The predicted molar refractivity (Wildman–Crippen MR) is 99.4 cm³/mol. The van der Waals surface area contributed by atoms with Crippen LogP contribution in [0.15, 0.2) is 6.20 Å². The molecule has 2 fully saturated rings. The quantitative estimate of drug-likeness (QED) is 0.868. The monoisotopic (exact) mass is 380 g/mol. The van der Waals surface area contributed by atoms with Crippen LogP contribution >= 0.6 is 36.2 Å². The molecule has 23 heavy (non-hydrogen) atoms. The van der Waals surface area contributed by atoms with Crippen molar-refractivity contribution in [1.82, 2.24) is 20.1 Å². The fraction of sp³-hybridized carbons (Fsp3) is 0.733. The molecule has 0 saturated carbocycles. The molecular formula is C15H26Cl2N4OS. The lowest BCUT2D eigenvalue weighted by Gasteiger charge is -2.32. The maximum atomic E-state index is 12.6. The molecule has 0 aromatic carbocycles. The Bertz CT molecular complexity index is 494. The number of hydrogen-bond acceptors (Lipinski definition) is 5. The molecule has 1 aromatic rings. The van der Waals surface area contributed by atoms with Gasteiger partial charge in [-0.15, -0.1) is 36.2 Å². The first-order valence-electron chi connectivity index (χ1n) is 7.96. The summed E-state index contributed by atoms with van der Waals surface area (Å²) < 4.78 is 0. The van der Waals surface area contributed by atoms with Crippen LogP contribution in [0, 0.1) is 0 Å². The molecule has 1 unspecified atom stereocenters. The summed E-state index contributed by atoms with van der Waals surface area (Å²) in [5, 5.41) is 4.47. The fourth-order valence-electron chi connectivity index (χ4n) is 3.17. The van der Waals surface area contributed by atoms with Crippen LogP contribution < -0.4 is 5.32 Å². The molecule has 2 aliphatic heterocycles. The lowest BCUT2D eigenvalue weighted by molar-refractivity contribution is 0.0778. The van der Waals surface area contributed by atoms with Crippen molar-refractivity contribution in [3.63, 3.8) is 0 Å². The third-order valence-corrected chi connectivity index (χ3v) is 5.39. The zero-order valence-electron chi connectivity index (χ0n) is 13.5. The van der Waals surface area contributed by atoms with Crippen molar-refractivity contribution in [1.29, 1.82) is 0 Å². The number of nitrogens with one attached hydrogen (secondary N) is 1. The number of nitrogens with zero attached hydrogens (tertiary/aromatic N) is 3. The van der Waals surface area contributed by atoms with Gasteiger partial charge in [-0.3, -0.25) is 9.69 Å². The topological polar surface area (TPSA) is 48.5 Å². The van der Waals surface area contributed by atoms with Gasteiger partial charge in [-0.25, -0.2) is 4.98 Å². The van der Waals surface area contributed by atoms with E-state index in [1.165, 1.54) is 0 Å². The van der Waals surface area contributed by atoms with E-state index in [9.17, 15) is 4.79 Å². The summed E-state index contributed by atoms with van der Waals surface area (Å²) >= 11 is 1.56. The summed E-state index contributed by atoms with van der Waals surface area (Å²) in [7, 11) is 0. The molecule has 3 rings (SSSR count). The predicted octanol–water partition coefficient (Wildman–Crippen LogP) is 2.06. The summed E-state index contributed by atoms with van der Waals surface area (Å²) in [6.45, 7) is 8.25. The normalized spacial score (nSPS) is 21.6. The van der Waals surface area contributed by atoms with Crippen molar-refractivity contribution < 1.29 is 4.79 Å². The number of carbonyl (C=O) groups excluding carboxylic acids is 1. The van der Waals surface area contributed by atoms with E-state index in [2.05, 4.69) is 22.1 Å². The molecular weight excluding hydrogens is 355 g/mol. The molecule has 0 spiro atoms. The van der Waals surface area contributed by atoms with Crippen LogP contribution in [-0.2, 0) is 6.42 Å². The third-order valence-electron chi connectivity index (χ3n) is 4.35. The van der Waals surface area contributed by atoms with E-state index in [0.717, 1.165) is 68.4 Å². The van der Waals surface area contributed by atoms with Crippen molar-refractivity contribution in [3.05, 3.63) is 16.1 Å². The first-order chi connectivity index (χ1) is 10.3. The Balaban J connectivity index is 0.00000132. The molecule has 3 heterocycles. The second-order valence-corrected chi connectivity index (χ2v) is 6.96. The van der Waals surface area contributed by atoms with Gasteiger partial charge in [-0.1, -0.05) is 6.92 Å². The van der Waals surface area contributed by atoms with Crippen molar-refractivity contribution in [2.75, 3.05) is 39.3 Å². The number of carbonyl (C=O) groups is 1. The number of rotatable bonds is 4. The van der Waals surface area contributed by atoms with Gasteiger partial charge >= 0.3 is 0 Å². The molecule has 2 saturated heterocycles. The van der Waals surface area contributed by atoms with Crippen molar-refractivity contribution >= 4 is 42.1 Å². The van der Waals surface area contributed by atoms with Crippen LogP contribution in [0.5, 0.6) is 0 Å². The Kier molecular flexibility index (Phi) is 8.79. The Morgan fingerprint density at radius 2 is 2.09 bits per heavy atom. The van der Waals surface area contributed by atoms with Gasteiger partial charge in [-0.2, -0.15) is 0 Å². The Morgan fingerprint density at radius 3 is 2.78 bits per heavy atom. The average molecular weight is 381 g/mol. The Labute approximate surface area is 154 Å². The lowest BCUT2D eigenvalue weighted by Crippen LogP contribution is -2.49. The van der Waals surface area contributed by atoms with Crippen molar-refractivity contribution in [3.8, 4) is 0 Å². The molecule has 1 aromatic heterocycles. The Morgan fingerprint density at radius 1 is 1.35 bits per heavy atom. The van der Waals surface area contributed by atoms with Gasteiger partial charge in [0, 0.05) is 45.3 Å². The summed E-state index contributed by atoms with van der Waals surface area (Å²) in [5.74, 6) is 0.174. The molecule has 1 atom stereocenters. The molecule has 132 valence electrons. The second-order valence-electron chi connectivity index (χ2n) is 5.85. The van der Waals surface area contributed by atoms with Gasteiger partial charge < -0.3 is 10.2 Å². The largest absolute Gasteiger partial charge is 0.336 e. The van der Waals surface area contributed by atoms with Gasteiger partial charge in [0.15, 0.2) is 0 Å². The molecule has 1 amide bonds. The summed E-state index contributed by atoms with van der Waals surface area (Å²) in [5.41, 5.74) is 0. The van der Waals surface area contributed by atoms with Gasteiger partial charge in [-0.05, 0) is 19.3 Å². The molecule has 8 heteroatoms. The zero-order valence-corrected chi connectivity index (χ0v) is 15.9. The first kappa shape index (κ1) is 20.6. The number of piperazine rings is 1. The summed E-state index contributed by atoms with van der Waals surface area (Å²) in [4.78, 5) is 22.3. The van der Waals surface area contributed by atoms with E-state index in [0.29, 0.717) is 6.04 Å². The SMILES string of the molecule is CCCc1ncc(C(=O)N2CCC(N3CCNCC3)C2)s1.Cl.Cl. The summed E-state index contributed by atoms with van der Waals surface area (Å²) in [6.07, 6.45) is 4.92. The molecule has 0 aliphatic carbocycles. The maximum absolute atomic E-state index is 12.6. The number of aromatic nitrogens is 1. The highest BCUT2D eigenvalue weighted by atomic mass is 35.5. The standard InChI is InChI=1S/C15H24N4OS.2ClH/c1-2-3-14-17-10-13(21-14)15(20)19-7-4-12(11-19)18-8-5-16-6-9-18;;/h10,12,16H,2-9,11H2,1H3;2*1H. The van der Waals surface area contributed by atoms with Gasteiger partial charge in [0.1, 0.15) is 4.88 Å². The van der Waals surface area contributed by atoms with Crippen LogP contribution in [0.3, 0.4) is 0 Å². The number of amides is 1. The van der Waals surface area contributed by atoms with Gasteiger partial charge in [0.05, 0.1) is 11.2 Å². The highest BCUT2D eigenvalue weighted by Gasteiger charge is 2.31. The van der Waals surface area contributed by atoms with Crippen molar-refractivity contribution in [2.45, 2.75) is 32.2 Å². The van der Waals surface area contributed by atoms with Crippen LogP contribution in [0.25, 0.3) is 0 Å². The van der Waals surface area contributed by atoms with E-state index >= 15 is 0 Å². The van der Waals surface area contributed by atoms with E-state index < -0.39 is 0 Å². The minimum atomic E-state index is 0. The number of aryl methyl sites for hydroxylation is 1. The minimum absolute atomic E-state index is 0. The van der Waals surface area contributed by atoms with Crippen LogP contribution in [0.2, 0.25) is 0 Å². The smallest absolute Gasteiger partial charge is 0.265 e. The number of thiazole rings is 1. The first-order valence-corrected chi connectivity index (χ1v) is 8.78. The number of hydrogen-bond donors (Lipinski definition) is 1. The third kappa shape index (κ3) is 5.03. The highest BCUT2D eigenvalue weighted by Crippen LogP contribution is 2.22. The van der Waals surface area contributed by atoms with E-state index in [1.807, 2.05) is 4.90 Å². The average Bonchev–Trinajstić information content (AvgIpc) is 3.17.